The maximum Gasteiger partial charge on any atom is 0.262 e. The van der Waals surface area contributed by atoms with Crippen molar-refractivity contribution in [3.63, 3.8) is 0 Å². The Labute approximate surface area is 205 Å². The van der Waals surface area contributed by atoms with Crippen molar-refractivity contribution in [2.24, 2.45) is 0 Å². The first-order valence-corrected chi connectivity index (χ1v) is 12.5. The molecule has 3 aromatic carbocycles. The number of anilines is 2. The molecule has 0 atom stereocenters. The summed E-state index contributed by atoms with van der Waals surface area (Å²) in [4.78, 5) is 25.5. The van der Waals surface area contributed by atoms with Crippen molar-refractivity contribution in [2.75, 3.05) is 30.3 Å². The topological polar surface area (TPSA) is 114 Å². The summed E-state index contributed by atoms with van der Waals surface area (Å²) in [5, 5.41) is 5.43. The Kier molecular flexibility index (Phi) is 8.26. The van der Waals surface area contributed by atoms with Crippen LogP contribution in [0, 0.1) is 20.8 Å². The molecule has 2 amide bonds. The second kappa shape index (κ2) is 11.2. The summed E-state index contributed by atoms with van der Waals surface area (Å²) < 4.78 is 33.8. The number of nitrogens with one attached hydrogen (secondary N) is 3. The van der Waals surface area contributed by atoms with Crippen LogP contribution < -0.4 is 15.4 Å². The first-order valence-electron chi connectivity index (χ1n) is 11.0. The van der Waals surface area contributed by atoms with E-state index in [9.17, 15) is 18.0 Å². The number of carbonyl (C=O) groups excluding carboxylic acids is 2. The lowest BCUT2D eigenvalue weighted by Gasteiger charge is -2.14. The zero-order valence-electron chi connectivity index (χ0n) is 20.1. The maximum atomic E-state index is 13.1. The molecule has 3 N–H and O–H groups in total. The van der Waals surface area contributed by atoms with Gasteiger partial charge in [-0.15, -0.1) is 0 Å². The molecule has 0 spiro atoms. The predicted molar refractivity (Wildman–Crippen MR) is 137 cm³/mol. The summed E-state index contributed by atoms with van der Waals surface area (Å²) in [6.07, 6.45) is 0. The van der Waals surface area contributed by atoms with Gasteiger partial charge in [-0.25, -0.2) is 8.42 Å². The maximum absolute atomic E-state index is 13.1. The largest absolute Gasteiger partial charge is 0.383 e. The lowest BCUT2D eigenvalue weighted by atomic mass is 10.1. The van der Waals surface area contributed by atoms with Gasteiger partial charge >= 0.3 is 0 Å². The average Bonchev–Trinajstić information content (AvgIpc) is 2.82. The summed E-state index contributed by atoms with van der Waals surface area (Å²) in [6, 6.07) is 16.3. The molecule has 0 saturated heterocycles. The van der Waals surface area contributed by atoms with E-state index in [4.69, 9.17) is 4.74 Å². The van der Waals surface area contributed by atoms with E-state index >= 15 is 0 Å². The van der Waals surface area contributed by atoms with Crippen molar-refractivity contribution < 1.29 is 22.7 Å². The minimum atomic E-state index is -3.94. The second-order valence-electron chi connectivity index (χ2n) is 8.13. The van der Waals surface area contributed by atoms with E-state index in [-0.39, 0.29) is 21.9 Å². The van der Waals surface area contributed by atoms with Gasteiger partial charge in [-0.3, -0.25) is 14.3 Å². The highest BCUT2D eigenvalue weighted by molar-refractivity contribution is 7.92. The molecule has 0 bridgehead atoms. The highest BCUT2D eigenvalue weighted by Gasteiger charge is 2.21. The minimum absolute atomic E-state index is 0.00558. The molecule has 0 radical (unpaired) electrons. The molecule has 0 aliphatic rings. The van der Waals surface area contributed by atoms with Gasteiger partial charge in [0.15, 0.2) is 0 Å². The third kappa shape index (κ3) is 6.46. The van der Waals surface area contributed by atoms with E-state index in [1.807, 2.05) is 19.9 Å². The Morgan fingerprint density at radius 1 is 0.857 bits per heavy atom. The van der Waals surface area contributed by atoms with Crippen LogP contribution in [0.4, 0.5) is 11.4 Å². The number of aryl methyl sites for hydroxylation is 3. The molecule has 0 aliphatic carbocycles. The van der Waals surface area contributed by atoms with Gasteiger partial charge in [0.05, 0.1) is 22.8 Å². The quantitative estimate of drug-likeness (QED) is 0.388. The van der Waals surface area contributed by atoms with Gasteiger partial charge < -0.3 is 15.4 Å². The molecule has 184 valence electrons. The molecule has 0 fully saturated rings. The van der Waals surface area contributed by atoms with Crippen LogP contribution in [0.15, 0.2) is 65.6 Å². The number of carbonyl (C=O) groups is 2. The van der Waals surface area contributed by atoms with Crippen molar-refractivity contribution in [2.45, 2.75) is 25.7 Å². The van der Waals surface area contributed by atoms with E-state index in [2.05, 4.69) is 15.4 Å². The Morgan fingerprint density at radius 2 is 1.57 bits per heavy atom. The van der Waals surface area contributed by atoms with Crippen molar-refractivity contribution in [3.05, 3.63) is 88.5 Å². The molecular formula is C26H29N3O5S. The first kappa shape index (κ1) is 25.9. The van der Waals surface area contributed by atoms with Crippen LogP contribution in [0.25, 0.3) is 0 Å². The molecule has 0 unspecified atom stereocenters. The zero-order valence-corrected chi connectivity index (χ0v) is 21.0. The van der Waals surface area contributed by atoms with Gasteiger partial charge in [-0.1, -0.05) is 24.3 Å². The molecule has 3 rings (SSSR count). The van der Waals surface area contributed by atoms with Gasteiger partial charge in [-0.05, 0) is 73.9 Å². The van der Waals surface area contributed by atoms with Crippen LogP contribution in [0.3, 0.4) is 0 Å². The Balaban J connectivity index is 1.84. The number of amides is 2. The first-order chi connectivity index (χ1) is 16.6. The number of rotatable bonds is 9. The standard InChI is InChI=1S/C26H29N3O5S/c1-17-10-12-21(15-19(17)3)29-35(32,33)24-16-20(11-9-18(24)2)25(30)28-23-8-6-5-7-22(23)26(31)27-13-14-34-4/h5-12,15-16,29H,13-14H2,1-4H3,(H,27,31)(H,28,30). The molecule has 35 heavy (non-hydrogen) atoms. The number of methoxy groups -OCH3 is 1. The fraction of sp³-hybridized carbons (Fsp3) is 0.231. The van der Waals surface area contributed by atoms with Crippen molar-refractivity contribution >= 4 is 33.2 Å². The molecule has 0 aromatic heterocycles. The minimum Gasteiger partial charge on any atom is -0.383 e. The third-order valence-electron chi connectivity index (χ3n) is 5.51. The van der Waals surface area contributed by atoms with Gasteiger partial charge in [0.1, 0.15) is 0 Å². The van der Waals surface area contributed by atoms with E-state index in [1.165, 1.54) is 13.2 Å². The van der Waals surface area contributed by atoms with Crippen LogP contribution in [0.2, 0.25) is 0 Å². The van der Waals surface area contributed by atoms with Crippen LogP contribution in [-0.4, -0.2) is 40.5 Å². The Hall–Kier alpha value is -3.69. The summed E-state index contributed by atoms with van der Waals surface area (Å²) in [5.74, 6) is -0.896. The number of hydrogen-bond acceptors (Lipinski definition) is 5. The van der Waals surface area contributed by atoms with Crippen molar-refractivity contribution in [1.29, 1.82) is 0 Å². The van der Waals surface area contributed by atoms with E-state index in [0.29, 0.717) is 30.1 Å². The number of ether oxygens (including phenoxy) is 1. The number of benzene rings is 3. The normalized spacial score (nSPS) is 11.1. The summed E-state index contributed by atoms with van der Waals surface area (Å²) in [6.45, 7) is 6.19. The summed E-state index contributed by atoms with van der Waals surface area (Å²) in [7, 11) is -2.41. The molecule has 0 aliphatic heterocycles. The Morgan fingerprint density at radius 3 is 2.29 bits per heavy atom. The predicted octanol–water partition coefficient (Wildman–Crippen LogP) is 4.04. The molecule has 9 heteroatoms. The van der Waals surface area contributed by atoms with E-state index < -0.39 is 15.9 Å². The monoisotopic (exact) mass is 495 g/mol. The zero-order chi connectivity index (χ0) is 25.6. The number of hydrogen-bond donors (Lipinski definition) is 3. The highest BCUT2D eigenvalue weighted by atomic mass is 32.2. The smallest absolute Gasteiger partial charge is 0.262 e. The van der Waals surface area contributed by atoms with E-state index in [1.54, 1.807) is 55.5 Å². The fourth-order valence-corrected chi connectivity index (χ4v) is 4.71. The lowest BCUT2D eigenvalue weighted by molar-refractivity contribution is 0.0938. The van der Waals surface area contributed by atoms with Crippen LogP contribution in [0.1, 0.15) is 37.4 Å². The number of sulfonamides is 1. The van der Waals surface area contributed by atoms with Crippen molar-refractivity contribution in [3.8, 4) is 0 Å². The molecular weight excluding hydrogens is 466 g/mol. The van der Waals surface area contributed by atoms with Gasteiger partial charge in [0.25, 0.3) is 21.8 Å². The van der Waals surface area contributed by atoms with Gasteiger partial charge in [0, 0.05) is 24.9 Å². The SMILES string of the molecule is COCCNC(=O)c1ccccc1NC(=O)c1ccc(C)c(S(=O)(=O)Nc2ccc(C)c(C)c2)c1. The van der Waals surface area contributed by atoms with E-state index in [0.717, 1.165) is 11.1 Å². The Bertz CT molecular complexity index is 1350. The van der Waals surface area contributed by atoms with Crippen molar-refractivity contribution in [1.82, 2.24) is 5.32 Å². The number of para-hydroxylation sites is 1. The highest BCUT2D eigenvalue weighted by Crippen LogP contribution is 2.23. The lowest BCUT2D eigenvalue weighted by Crippen LogP contribution is -2.28. The molecule has 0 heterocycles. The summed E-state index contributed by atoms with van der Waals surface area (Å²) in [5.41, 5.74) is 3.69. The second-order valence-corrected chi connectivity index (χ2v) is 9.78. The van der Waals surface area contributed by atoms with Crippen LogP contribution in [0.5, 0.6) is 0 Å². The molecule has 8 nitrogen and oxygen atoms in total. The van der Waals surface area contributed by atoms with Gasteiger partial charge in [0.2, 0.25) is 0 Å². The molecule has 3 aromatic rings. The molecule has 0 saturated carbocycles. The van der Waals surface area contributed by atoms with Crippen LogP contribution >= 0.6 is 0 Å². The average molecular weight is 496 g/mol. The fourth-order valence-electron chi connectivity index (χ4n) is 3.39. The summed E-state index contributed by atoms with van der Waals surface area (Å²) >= 11 is 0. The van der Waals surface area contributed by atoms with Gasteiger partial charge in [-0.2, -0.15) is 0 Å². The van der Waals surface area contributed by atoms with Crippen LogP contribution in [-0.2, 0) is 14.8 Å². The third-order valence-corrected chi connectivity index (χ3v) is 7.03.